The Morgan fingerprint density at radius 3 is 1.59 bits per heavy atom. The van der Waals surface area contributed by atoms with E-state index < -0.39 is 22.2 Å². The van der Waals surface area contributed by atoms with Gasteiger partial charge in [0.05, 0.1) is 21.5 Å². The predicted octanol–water partition coefficient (Wildman–Crippen LogP) is -0.726. The summed E-state index contributed by atoms with van der Waals surface area (Å²) in [5.41, 5.74) is -1.77. The van der Waals surface area contributed by atoms with Gasteiger partial charge in [-0.05, 0) is 18.6 Å². The first-order valence-electron chi connectivity index (χ1n) is 4.89. The van der Waals surface area contributed by atoms with Crippen LogP contribution in [0.5, 0.6) is 0 Å². The van der Waals surface area contributed by atoms with Gasteiger partial charge < -0.3 is 0 Å². The van der Waals surface area contributed by atoms with Gasteiger partial charge in [0, 0.05) is 0 Å². The normalized spacial score (nSPS) is 11.6. The molecule has 2 N–H and O–H groups in total. The van der Waals surface area contributed by atoms with E-state index in [2.05, 4.69) is 9.97 Å². The third kappa shape index (κ3) is 1.04. The summed E-state index contributed by atoms with van der Waals surface area (Å²) in [4.78, 5) is 50.3. The van der Waals surface area contributed by atoms with Crippen LogP contribution in [0.15, 0.2) is 25.2 Å². The standard InChI is InChI=1S/C11H6N2O4/c1-3-6-4(8(14)12-10(6)16)2-5-7(3)11(17)13-9(5)15/h2H,1H3,(H,12,14,16)(H,13,15,17). The zero-order valence-electron chi connectivity index (χ0n) is 8.71. The Hall–Kier alpha value is -2.50. The number of hydrogen-bond acceptors (Lipinski definition) is 4. The summed E-state index contributed by atoms with van der Waals surface area (Å²) < 4.78 is 0. The van der Waals surface area contributed by atoms with Crippen LogP contribution in [0.4, 0.5) is 0 Å². The van der Waals surface area contributed by atoms with E-state index in [1.807, 2.05) is 0 Å². The van der Waals surface area contributed by atoms with Gasteiger partial charge in [0.2, 0.25) is 0 Å². The lowest BCUT2D eigenvalue weighted by Crippen LogP contribution is -2.07. The number of aromatic amines is 2. The first-order chi connectivity index (χ1) is 8.00. The lowest BCUT2D eigenvalue weighted by atomic mass is 10.0. The summed E-state index contributed by atoms with van der Waals surface area (Å²) in [7, 11) is 0. The van der Waals surface area contributed by atoms with Crippen molar-refractivity contribution in [2.45, 2.75) is 6.92 Å². The van der Waals surface area contributed by atoms with Crippen LogP contribution < -0.4 is 22.2 Å². The smallest absolute Gasteiger partial charge is 0.259 e. The van der Waals surface area contributed by atoms with Crippen LogP contribution in [0, 0.1) is 6.92 Å². The highest BCUT2D eigenvalue weighted by atomic mass is 16.2. The molecule has 0 spiro atoms. The van der Waals surface area contributed by atoms with Crippen molar-refractivity contribution in [2.24, 2.45) is 0 Å². The fraction of sp³-hybridized carbons (Fsp3) is 0.0909. The van der Waals surface area contributed by atoms with Gasteiger partial charge in [-0.3, -0.25) is 29.1 Å². The molecular weight excluding hydrogens is 224 g/mol. The monoisotopic (exact) mass is 230 g/mol. The molecule has 0 bridgehead atoms. The Labute approximate surface area is 92.2 Å². The summed E-state index contributed by atoms with van der Waals surface area (Å²) in [6, 6.07) is 1.29. The average Bonchev–Trinajstić information content (AvgIpc) is 2.68. The third-order valence-electron chi connectivity index (χ3n) is 2.97. The number of aryl methyl sites for hydroxylation is 1. The molecule has 0 saturated carbocycles. The second-order valence-electron chi connectivity index (χ2n) is 3.91. The van der Waals surface area contributed by atoms with Crippen LogP contribution in [0.25, 0.3) is 21.5 Å². The number of aromatic nitrogens is 2. The molecule has 0 unspecified atom stereocenters. The Balaban J connectivity index is 2.87. The molecule has 3 aromatic rings. The van der Waals surface area contributed by atoms with Gasteiger partial charge in [-0.1, -0.05) is 0 Å². The highest BCUT2D eigenvalue weighted by molar-refractivity contribution is 6.01. The second-order valence-corrected chi connectivity index (χ2v) is 3.91. The molecule has 0 fully saturated rings. The first-order valence-corrected chi connectivity index (χ1v) is 4.89. The molecule has 6 nitrogen and oxygen atoms in total. The van der Waals surface area contributed by atoms with Crippen molar-refractivity contribution in [3.63, 3.8) is 0 Å². The van der Waals surface area contributed by atoms with Gasteiger partial charge in [-0.25, -0.2) is 0 Å². The molecule has 0 aliphatic carbocycles. The second kappa shape index (κ2) is 2.79. The van der Waals surface area contributed by atoms with Gasteiger partial charge in [-0.2, -0.15) is 0 Å². The summed E-state index contributed by atoms with van der Waals surface area (Å²) in [6.07, 6.45) is 0. The maximum Gasteiger partial charge on any atom is 0.259 e. The van der Waals surface area contributed by atoms with Crippen LogP contribution in [0.1, 0.15) is 5.56 Å². The molecule has 84 valence electrons. The van der Waals surface area contributed by atoms with E-state index >= 15 is 0 Å². The fourth-order valence-corrected chi connectivity index (χ4v) is 2.23. The minimum absolute atomic E-state index is 0.149. The van der Waals surface area contributed by atoms with Crippen molar-refractivity contribution < 1.29 is 0 Å². The van der Waals surface area contributed by atoms with E-state index in [1.165, 1.54) is 6.07 Å². The van der Waals surface area contributed by atoms with E-state index in [1.54, 1.807) is 6.92 Å². The van der Waals surface area contributed by atoms with Gasteiger partial charge in [0.25, 0.3) is 22.2 Å². The van der Waals surface area contributed by atoms with E-state index in [-0.39, 0.29) is 21.5 Å². The number of hydrogen-bond donors (Lipinski definition) is 2. The van der Waals surface area contributed by atoms with Crippen LogP contribution in [0.3, 0.4) is 0 Å². The number of rotatable bonds is 0. The fourth-order valence-electron chi connectivity index (χ4n) is 2.23. The first kappa shape index (κ1) is 9.71. The Morgan fingerprint density at radius 1 is 0.765 bits per heavy atom. The lowest BCUT2D eigenvalue weighted by Gasteiger charge is -1.95. The number of benzene rings is 1. The molecule has 0 radical (unpaired) electrons. The molecule has 17 heavy (non-hydrogen) atoms. The van der Waals surface area contributed by atoms with Gasteiger partial charge in [0.15, 0.2) is 0 Å². The zero-order valence-corrected chi connectivity index (χ0v) is 8.71. The van der Waals surface area contributed by atoms with Crippen LogP contribution in [-0.4, -0.2) is 9.97 Å². The average molecular weight is 230 g/mol. The maximum atomic E-state index is 11.5. The van der Waals surface area contributed by atoms with Gasteiger partial charge in [-0.15, -0.1) is 0 Å². The number of nitrogens with one attached hydrogen (secondary N) is 2. The molecule has 6 heteroatoms. The largest absolute Gasteiger partial charge is 0.288 e. The van der Waals surface area contributed by atoms with Crippen molar-refractivity contribution in [3.8, 4) is 0 Å². The Morgan fingerprint density at radius 2 is 1.18 bits per heavy atom. The van der Waals surface area contributed by atoms with Crippen molar-refractivity contribution in [1.82, 2.24) is 9.97 Å². The van der Waals surface area contributed by atoms with E-state index in [0.717, 1.165) is 0 Å². The number of H-pyrrole nitrogens is 2. The van der Waals surface area contributed by atoms with Gasteiger partial charge >= 0.3 is 0 Å². The number of fused-ring (bicyclic) bond motifs is 2. The lowest BCUT2D eigenvalue weighted by molar-refractivity contribution is 1.25. The van der Waals surface area contributed by atoms with E-state index in [4.69, 9.17) is 0 Å². The highest BCUT2D eigenvalue weighted by Crippen LogP contribution is 2.18. The maximum absolute atomic E-state index is 11.5. The minimum Gasteiger partial charge on any atom is -0.288 e. The molecule has 0 amide bonds. The van der Waals surface area contributed by atoms with Crippen molar-refractivity contribution in [3.05, 3.63) is 53.0 Å². The summed E-state index contributed by atoms with van der Waals surface area (Å²) in [5, 5.41) is 0.657. The Kier molecular flexibility index (Phi) is 1.59. The molecule has 0 saturated heterocycles. The molecule has 0 aliphatic heterocycles. The quantitative estimate of drug-likeness (QED) is 0.532. The van der Waals surface area contributed by atoms with Gasteiger partial charge in [0.1, 0.15) is 0 Å². The molecule has 3 rings (SSSR count). The topological polar surface area (TPSA) is 99.9 Å². The third-order valence-corrected chi connectivity index (χ3v) is 2.97. The summed E-state index contributed by atoms with van der Waals surface area (Å²) in [5.74, 6) is 0. The summed E-state index contributed by atoms with van der Waals surface area (Å²) >= 11 is 0. The van der Waals surface area contributed by atoms with Crippen LogP contribution >= 0.6 is 0 Å². The zero-order chi connectivity index (χ0) is 12.3. The van der Waals surface area contributed by atoms with Crippen molar-refractivity contribution in [2.75, 3.05) is 0 Å². The highest BCUT2D eigenvalue weighted by Gasteiger charge is 2.16. The van der Waals surface area contributed by atoms with Crippen LogP contribution in [0.2, 0.25) is 0 Å². The van der Waals surface area contributed by atoms with E-state index in [0.29, 0.717) is 5.56 Å². The minimum atomic E-state index is -0.539. The molecular formula is C11H6N2O4. The molecule has 0 aliphatic rings. The Bertz CT molecular complexity index is 891. The van der Waals surface area contributed by atoms with E-state index in [9.17, 15) is 19.2 Å². The van der Waals surface area contributed by atoms with Crippen molar-refractivity contribution >= 4 is 21.5 Å². The molecule has 0 atom stereocenters. The SMILES string of the molecule is Cc1c2c(=O)[nH]c(=O)c2cc2c(=O)[nH]c(=O)c12. The molecule has 2 aromatic heterocycles. The van der Waals surface area contributed by atoms with Crippen molar-refractivity contribution in [1.29, 1.82) is 0 Å². The summed E-state index contributed by atoms with van der Waals surface area (Å²) in [6.45, 7) is 1.55. The molecule has 1 aromatic carbocycles. The van der Waals surface area contributed by atoms with Crippen LogP contribution in [-0.2, 0) is 0 Å². The molecule has 2 heterocycles. The predicted molar refractivity (Wildman–Crippen MR) is 62.3 cm³/mol.